The van der Waals surface area contributed by atoms with Crippen molar-refractivity contribution in [2.45, 2.75) is 6.29 Å². The van der Waals surface area contributed by atoms with Crippen LogP contribution in [0.2, 0.25) is 0 Å². The smallest absolute Gasteiger partial charge is 0.330 e. The number of rotatable bonds is 10. The fourth-order valence-electron chi connectivity index (χ4n) is 1.83. The third-order valence-corrected chi connectivity index (χ3v) is 2.91. The predicted octanol–water partition coefficient (Wildman–Crippen LogP) is 3.22. The molecule has 0 N–H and O–H groups in total. The van der Waals surface area contributed by atoms with Crippen LogP contribution < -0.4 is 9.47 Å². The molecule has 0 heterocycles. The zero-order valence-electron chi connectivity index (χ0n) is 13.3. The van der Waals surface area contributed by atoms with E-state index in [0.29, 0.717) is 11.5 Å². The van der Waals surface area contributed by atoms with Gasteiger partial charge in [-0.1, -0.05) is 43.0 Å². The van der Waals surface area contributed by atoms with Gasteiger partial charge in [-0.05, 0) is 24.3 Å². The van der Waals surface area contributed by atoms with Crippen molar-refractivity contribution in [3.63, 3.8) is 0 Å². The molecule has 0 saturated heterocycles. The van der Waals surface area contributed by atoms with Gasteiger partial charge in [0.2, 0.25) is 0 Å². The number of benzene rings is 2. The molecule has 0 unspecified atom stereocenters. The molecule has 5 heteroatoms. The average Bonchev–Trinajstić information content (AvgIpc) is 2.62. The van der Waals surface area contributed by atoms with Crippen molar-refractivity contribution in [1.82, 2.24) is 0 Å². The number of para-hydroxylation sites is 2. The van der Waals surface area contributed by atoms with Crippen LogP contribution in [0.15, 0.2) is 73.3 Å². The topological polar surface area (TPSA) is 54.0 Å². The van der Waals surface area contributed by atoms with Crippen molar-refractivity contribution in [3.05, 3.63) is 73.3 Å². The van der Waals surface area contributed by atoms with E-state index in [0.717, 1.165) is 6.08 Å². The van der Waals surface area contributed by atoms with Gasteiger partial charge in [-0.15, -0.1) is 0 Å². The zero-order valence-corrected chi connectivity index (χ0v) is 13.3. The highest BCUT2D eigenvalue weighted by Crippen LogP contribution is 2.16. The van der Waals surface area contributed by atoms with Crippen LogP contribution in [-0.4, -0.2) is 32.1 Å². The molecule has 0 aliphatic rings. The number of carbonyl (C=O) groups is 1. The third kappa shape index (κ3) is 6.54. The van der Waals surface area contributed by atoms with Gasteiger partial charge in [0.15, 0.2) is 0 Å². The minimum atomic E-state index is -0.620. The Morgan fingerprint density at radius 2 is 1.46 bits per heavy atom. The van der Waals surface area contributed by atoms with E-state index in [1.165, 1.54) is 0 Å². The summed E-state index contributed by atoms with van der Waals surface area (Å²) in [4.78, 5) is 10.9. The summed E-state index contributed by atoms with van der Waals surface area (Å²) in [6.07, 6.45) is 0.490. The molecule has 0 fully saturated rings. The number of ether oxygens (including phenoxy) is 4. The largest absolute Gasteiger partial charge is 0.460 e. The monoisotopic (exact) mass is 328 g/mol. The summed E-state index contributed by atoms with van der Waals surface area (Å²) in [6.45, 7) is 3.91. The van der Waals surface area contributed by atoms with Crippen LogP contribution in [0.4, 0.5) is 0 Å². The SMILES string of the molecule is C=CC(=O)OCCOCC(Oc1ccccc1)Oc1ccccc1. The molecule has 0 spiro atoms. The Bertz CT molecular complexity index is 571. The Morgan fingerprint density at radius 1 is 0.917 bits per heavy atom. The molecule has 0 aliphatic heterocycles. The molecular weight excluding hydrogens is 308 g/mol. The summed E-state index contributed by atoms with van der Waals surface area (Å²) < 4.78 is 21.9. The molecule has 2 rings (SSSR count). The quantitative estimate of drug-likeness (QED) is 0.290. The molecule has 2 aromatic carbocycles. The van der Waals surface area contributed by atoms with Gasteiger partial charge in [-0.3, -0.25) is 0 Å². The van der Waals surface area contributed by atoms with E-state index in [4.69, 9.17) is 18.9 Å². The van der Waals surface area contributed by atoms with Gasteiger partial charge in [0, 0.05) is 6.08 Å². The first kappa shape index (κ1) is 17.6. The van der Waals surface area contributed by atoms with Crippen LogP contribution >= 0.6 is 0 Å². The molecule has 0 amide bonds. The molecule has 0 radical (unpaired) electrons. The lowest BCUT2D eigenvalue weighted by molar-refractivity contribution is -0.140. The zero-order chi connectivity index (χ0) is 17.0. The first-order valence-corrected chi connectivity index (χ1v) is 7.58. The van der Waals surface area contributed by atoms with Crippen molar-refractivity contribution in [2.75, 3.05) is 19.8 Å². The summed E-state index contributed by atoms with van der Waals surface area (Å²) in [6, 6.07) is 18.7. The highest BCUT2D eigenvalue weighted by molar-refractivity contribution is 5.81. The lowest BCUT2D eigenvalue weighted by atomic mass is 10.3. The van der Waals surface area contributed by atoms with Crippen molar-refractivity contribution in [2.24, 2.45) is 0 Å². The van der Waals surface area contributed by atoms with Crippen molar-refractivity contribution in [3.8, 4) is 11.5 Å². The van der Waals surface area contributed by atoms with Gasteiger partial charge in [0.05, 0.1) is 6.61 Å². The van der Waals surface area contributed by atoms with E-state index in [9.17, 15) is 4.79 Å². The van der Waals surface area contributed by atoms with Gasteiger partial charge in [-0.2, -0.15) is 0 Å². The molecule has 0 aromatic heterocycles. The first-order chi connectivity index (χ1) is 11.8. The average molecular weight is 328 g/mol. The van der Waals surface area contributed by atoms with Crippen LogP contribution in [-0.2, 0) is 14.3 Å². The minimum Gasteiger partial charge on any atom is -0.460 e. The second kappa shape index (κ2) is 10.1. The standard InChI is InChI=1S/C19H20O5/c1-2-18(20)22-14-13-21-15-19(23-16-9-5-3-6-10-16)24-17-11-7-4-8-12-17/h2-12,19H,1,13-15H2. The normalized spacial score (nSPS) is 10.2. The molecule has 0 bridgehead atoms. The summed E-state index contributed by atoms with van der Waals surface area (Å²) in [5.74, 6) is 0.886. The summed E-state index contributed by atoms with van der Waals surface area (Å²) in [7, 11) is 0. The summed E-state index contributed by atoms with van der Waals surface area (Å²) in [5, 5.41) is 0. The van der Waals surface area contributed by atoms with Crippen LogP contribution in [0, 0.1) is 0 Å². The third-order valence-electron chi connectivity index (χ3n) is 2.91. The Kier molecular flexibility index (Phi) is 7.37. The Labute approximate surface area is 141 Å². The van der Waals surface area contributed by atoms with Crippen molar-refractivity contribution < 1.29 is 23.7 Å². The minimum absolute atomic E-state index is 0.147. The second-order valence-electron chi connectivity index (χ2n) is 4.74. The van der Waals surface area contributed by atoms with Crippen molar-refractivity contribution >= 4 is 5.97 Å². The fraction of sp³-hybridized carbons (Fsp3) is 0.211. The Morgan fingerprint density at radius 3 is 1.96 bits per heavy atom. The van der Waals surface area contributed by atoms with E-state index in [1.54, 1.807) is 0 Å². The second-order valence-corrected chi connectivity index (χ2v) is 4.74. The van der Waals surface area contributed by atoms with Crippen molar-refractivity contribution in [1.29, 1.82) is 0 Å². The van der Waals surface area contributed by atoms with Gasteiger partial charge < -0.3 is 18.9 Å². The molecule has 5 nitrogen and oxygen atoms in total. The van der Waals surface area contributed by atoms with Crippen LogP contribution in [0.5, 0.6) is 11.5 Å². The molecule has 0 aliphatic carbocycles. The highest BCUT2D eigenvalue weighted by atomic mass is 16.7. The lowest BCUT2D eigenvalue weighted by Crippen LogP contribution is -2.30. The lowest BCUT2D eigenvalue weighted by Gasteiger charge is -2.20. The molecule has 24 heavy (non-hydrogen) atoms. The molecular formula is C19H20O5. The fourth-order valence-corrected chi connectivity index (χ4v) is 1.83. The van der Waals surface area contributed by atoms with E-state index in [2.05, 4.69) is 6.58 Å². The predicted molar refractivity (Wildman–Crippen MR) is 89.9 cm³/mol. The molecule has 2 aromatic rings. The van der Waals surface area contributed by atoms with E-state index in [1.807, 2.05) is 60.7 Å². The van der Waals surface area contributed by atoms with Gasteiger partial charge in [-0.25, -0.2) is 4.79 Å². The molecule has 126 valence electrons. The first-order valence-electron chi connectivity index (χ1n) is 7.58. The van der Waals surface area contributed by atoms with Crippen LogP contribution in [0.3, 0.4) is 0 Å². The van der Waals surface area contributed by atoms with Gasteiger partial charge >= 0.3 is 5.97 Å². The van der Waals surface area contributed by atoms with Gasteiger partial charge in [0.25, 0.3) is 6.29 Å². The number of carbonyl (C=O) groups excluding carboxylic acids is 1. The molecule has 0 atom stereocenters. The Hall–Kier alpha value is -2.79. The van der Waals surface area contributed by atoms with E-state index < -0.39 is 12.3 Å². The summed E-state index contributed by atoms with van der Waals surface area (Å²) >= 11 is 0. The Balaban J connectivity index is 1.85. The number of hydrogen-bond donors (Lipinski definition) is 0. The van der Waals surface area contributed by atoms with Gasteiger partial charge in [0.1, 0.15) is 24.7 Å². The maximum Gasteiger partial charge on any atom is 0.330 e. The maximum absolute atomic E-state index is 10.9. The van der Waals surface area contributed by atoms with E-state index in [-0.39, 0.29) is 19.8 Å². The maximum atomic E-state index is 10.9. The number of hydrogen-bond acceptors (Lipinski definition) is 5. The van der Waals surface area contributed by atoms with Crippen LogP contribution in [0.25, 0.3) is 0 Å². The van der Waals surface area contributed by atoms with E-state index >= 15 is 0 Å². The van der Waals surface area contributed by atoms with Crippen LogP contribution in [0.1, 0.15) is 0 Å². The summed E-state index contributed by atoms with van der Waals surface area (Å²) in [5.41, 5.74) is 0. The molecule has 0 saturated carbocycles. The number of esters is 1. The highest BCUT2D eigenvalue weighted by Gasteiger charge is 2.13.